The predicted molar refractivity (Wildman–Crippen MR) is 165 cm³/mol. The number of amidine groups is 1. The van der Waals surface area contributed by atoms with E-state index in [0.717, 1.165) is 39.8 Å². The largest absolute Gasteiger partial charge is 0.573 e. The third-order valence-electron chi connectivity index (χ3n) is 6.25. The van der Waals surface area contributed by atoms with Gasteiger partial charge in [0.05, 0.1) is 11.9 Å². The van der Waals surface area contributed by atoms with Gasteiger partial charge in [-0.2, -0.15) is 10.1 Å². The summed E-state index contributed by atoms with van der Waals surface area (Å²) in [5.74, 6) is 0.834. The zero-order chi connectivity index (χ0) is 30.6. The molecule has 0 saturated carbocycles. The van der Waals surface area contributed by atoms with E-state index in [4.69, 9.17) is 12.2 Å². The van der Waals surface area contributed by atoms with Gasteiger partial charge in [0.15, 0.2) is 11.0 Å². The lowest BCUT2D eigenvalue weighted by molar-refractivity contribution is -0.274. The highest BCUT2D eigenvalue weighted by molar-refractivity contribution is 8.14. The van der Waals surface area contributed by atoms with E-state index < -0.39 is 6.36 Å². The smallest absolute Gasteiger partial charge is 0.406 e. The number of aromatic nitrogens is 3. The molecule has 1 aromatic heterocycles. The molecule has 5 rings (SSSR count). The van der Waals surface area contributed by atoms with Gasteiger partial charge < -0.3 is 9.64 Å². The maximum Gasteiger partial charge on any atom is 0.573 e. The van der Waals surface area contributed by atoms with Crippen LogP contribution in [0.15, 0.2) is 83.2 Å². The van der Waals surface area contributed by atoms with Crippen LogP contribution in [0.4, 0.5) is 23.2 Å². The first-order chi connectivity index (χ1) is 20.6. The first-order valence-corrected chi connectivity index (χ1v) is 14.4. The summed E-state index contributed by atoms with van der Waals surface area (Å²) < 4.78 is 56.4. The lowest BCUT2D eigenvalue weighted by Gasteiger charge is -2.23. The van der Waals surface area contributed by atoms with Crippen molar-refractivity contribution in [3.63, 3.8) is 0 Å². The zero-order valence-electron chi connectivity index (χ0n) is 22.9. The Balaban J connectivity index is 1.19. The molecule has 0 amide bonds. The lowest BCUT2D eigenvalue weighted by Crippen LogP contribution is -2.27. The normalized spacial score (nSPS) is 14.7. The number of alkyl halides is 3. The Morgan fingerprint density at radius 2 is 1.84 bits per heavy atom. The predicted octanol–water partition coefficient (Wildman–Crippen LogP) is 6.91. The summed E-state index contributed by atoms with van der Waals surface area (Å²) in [6.07, 6.45) is -1.68. The van der Waals surface area contributed by atoms with Gasteiger partial charge in [-0.25, -0.2) is 14.1 Å². The highest BCUT2D eigenvalue weighted by Gasteiger charge is 2.31. The van der Waals surface area contributed by atoms with Crippen LogP contribution < -0.4 is 15.1 Å². The zero-order valence-corrected chi connectivity index (χ0v) is 24.5. The fourth-order valence-electron chi connectivity index (χ4n) is 4.26. The van der Waals surface area contributed by atoms with E-state index in [1.165, 1.54) is 41.3 Å². The molecule has 14 heteroatoms. The number of aliphatic imine (C=N–C) groups is 1. The molecule has 1 N–H and O–H groups in total. The number of nitrogens with zero attached hydrogens (tertiary/aromatic N) is 6. The first kappa shape index (κ1) is 30.2. The Kier molecular flexibility index (Phi) is 9.06. The van der Waals surface area contributed by atoms with Gasteiger partial charge in [-0.15, -0.1) is 18.3 Å². The maximum atomic E-state index is 13.9. The van der Waals surface area contributed by atoms with Crippen LogP contribution in [0, 0.1) is 5.82 Å². The van der Waals surface area contributed by atoms with Crippen molar-refractivity contribution in [1.29, 1.82) is 0 Å². The quantitative estimate of drug-likeness (QED) is 0.103. The number of benzene rings is 3. The summed E-state index contributed by atoms with van der Waals surface area (Å²) in [7, 11) is 0. The van der Waals surface area contributed by atoms with Gasteiger partial charge in [-0.3, -0.25) is 5.43 Å². The number of hydrogen-bond acceptors (Lipinski definition) is 6. The van der Waals surface area contributed by atoms with E-state index in [2.05, 4.69) is 30.3 Å². The van der Waals surface area contributed by atoms with Crippen LogP contribution in [0.1, 0.15) is 30.9 Å². The average Bonchev–Trinajstić information content (AvgIpc) is 3.63. The van der Waals surface area contributed by atoms with Crippen molar-refractivity contribution in [2.75, 3.05) is 17.2 Å². The molecule has 0 atom stereocenters. The Morgan fingerprint density at radius 1 is 1.09 bits per heavy atom. The highest BCUT2D eigenvalue weighted by atomic mass is 32.2. The summed E-state index contributed by atoms with van der Waals surface area (Å²) in [5, 5.41) is 9.53. The number of hydrogen-bond donors (Lipinski definition) is 1. The molecule has 4 aromatic rings. The summed E-state index contributed by atoms with van der Waals surface area (Å²) >= 11 is 6.96. The number of halogens is 4. The van der Waals surface area contributed by atoms with Gasteiger partial charge in [-0.05, 0) is 71.7 Å². The number of thiocarbonyl (C=S) groups is 1. The molecule has 0 bridgehead atoms. The molecule has 1 aliphatic rings. The second-order valence-corrected chi connectivity index (χ2v) is 11.1. The van der Waals surface area contributed by atoms with Crippen LogP contribution in [0.5, 0.6) is 5.75 Å². The second kappa shape index (κ2) is 12.9. The standard InChI is InChI=1S/C29H25F4N7OS2/c1-18(2)24-15-21(30)7-12-25(24)39-13-14-43-28(39)36-27(42)37-35-16-19-3-5-20(6-4-19)26-34-17-40(38-26)22-8-10-23(11-9-22)41-29(31,32)33/h3-12,15-18H,13-14H2,1-2H3,(H,37,42)/b35-16+,36-28-. The number of hydrazone groups is 1. The maximum absolute atomic E-state index is 13.9. The van der Waals surface area contributed by atoms with Gasteiger partial charge >= 0.3 is 6.36 Å². The van der Waals surface area contributed by atoms with Crippen molar-refractivity contribution in [1.82, 2.24) is 20.2 Å². The van der Waals surface area contributed by atoms with E-state index in [9.17, 15) is 17.6 Å². The van der Waals surface area contributed by atoms with Crippen molar-refractivity contribution in [2.24, 2.45) is 10.1 Å². The van der Waals surface area contributed by atoms with E-state index >= 15 is 0 Å². The molecular weight excluding hydrogens is 602 g/mol. The van der Waals surface area contributed by atoms with Gasteiger partial charge in [0.2, 0.25) is 5.11 Å². The number of nitrogens with one attached hydrogen (secondary N) is 1. The van der Waals surface area contributed by atoms with Crippen molar-refractivity contribution >= 4 is 46.2 Å². The molecule has 0 unspecified atom stereocenters. The molecule has 222 valence electrons. The molecule has 2 heterocycles. The van der Waals surface area contributed by atoms with E-state index in [1.807, 2.05) is 43.0 Å². The number of anilines is 1. The fourth-order valence-corrected chi connectivity index (χ4v) is 5.42. The molecular formula is C29H25F4N7OS2. The molecule has 1 fully saturated rings. The van der Waals surface area contributed by atoms with Gasteiger partial charge in [0, 0.05) is 23.5 Å². The van der Waals surface area contributed by atoms with Crippen LogP contribution in [0.2, 0.25) is 0 Å². The molecule has 43 heavy (non-hydrogen) atoms. The average molecular weight is 628 g/mol. The van der Waals surface area contributed by atoms with Crippen LogP contribution in [-0.2, 0) is 0 Å². The monoisotopic (exact) mass is 627 g/mol. The fraction of sp³-hybridized carbons (Fsp3) is 0.207. The molecule has 0 radical (unpaired) electrons. The van der Waals surface area contributed by atoms with Gasteiger partial charge in [0.25, 0.3) is 0 Å². The third kappa shape index (κ3) is 7.76. The van der Waals surface area contributed by atoms with E-state index in [1.54, 1.807) is 30.1 Å². The van der Waals surface area contributed by atoms with Crippen molar-refractivity contribution in [2.45, 2.75) is 26.1 Å². The Hall–Kier alpha value is -4.30. The summed E-state index contributed by atoms with van der Waals surface area (Å²) in [6.45, 7) is 4.79. The summed E-state index contributed by atoms with van der Waals surface area (Å²) in [5.41, 5.74) is 6.65. The van der Waals surface area contributed by atoms with Gasteiger partial charge in [0.1, 0.15) is 17.9 Å². The highest BCUT2D eigenvalue weighted by Crippen LogP contribution is 2.33. The minimum absolute atomic E-state index is 0.146. The molecule has 1 saturated heterocycles. The van der Waals surface area contributed by atoms with E-state index in [0.29, 0.717) is 11.5 Å². The summed E-state index contributed by atoms with van der Waals surface area (Å²) in [6, 6.07) is 17.4. The molecule has 1 aliphatic heterocycles. The number of ether oxygens (including phenoxy) is 1. The molecule has 8 nitrogen and oxygen atoms in total. The Morgan fingerprint density at radius 3 is 2.53 bits per heavy atom. The topological polar surface area (TPSA) is 79.9 Å². The first-order valence-electron chi connectivity index (χ1n) is 13.1. The molecule has 0 aliphatic carbocycles. The van der Waals surface area contributed by atoms with Crippen LogP contribution in [0.25, 0.3) is 17.1 Å². The summed E-state index contributed by atoms with van der Waals surface area (Å²) in [4.78, 5) is 10.9. The minimum Gasteiger partial charge on any atom is -0.406 e. The SMILES string of the molecule is CC(C)c1cc(F)ccc1N1CCS/C1=N\C(=S)N/N=C/c1ccc(-c2ncn(-c3ccc(OC(F)(F)F)cc3)n2)cc1. The molecule has 3 aromatic carbocycles. The molecule has 0 spiro atoms. The minimum atomic E-state index is -4.75. The number of rotatable bonds is 7. The van der Waals surface area contributed by atoms with Crippen LogP contribution >= 0.6 is 24.0 Å². The Labute approximate surface area is 254 Å². The second-order valence-electron chi connectivity index (χ2n) is 9.60. The van der Waals surface area contributed by atoms with E-state index in [-0.39, 0.29) is 22.6 Å². The van der Waals surface area contributed by atoms with Crippen LogP contribution in [0.3, 0.4) is 0 Å². The lowest BCUT2D eigenvalue weighted by atomic mass is 10.0. The Bertz CT molecular complexity index is 1650. The van der Waals surface area contributed by atoms with Crippen molar-refractivity contribution in [3.8, 4) is 22.8 Å². The third-order valence-corrected chi connectivity index (χ3v) is 7.39. The van der Waals surface area contributed by atoms with Crippen LogP contribution in [-0.4, -0.2) is 49.9 Å². The van der Waals surface area contributed by atoms with Crippen molar-refractivity contribution < 1.29 is 22.3 Å². The number of thioether (sulfide) groups is 1. The van der Waals surface area contributed by atoms with Gasteiger partial charge in [-0.1, -0.05) is 49.9 Å². The van der Waals surface area contributed by atoms with Crippen molar-refractivity contribution in [3.05, 3.63) is 90.0 Å².